The van der Waals surface area contributed by atoms with Crippen molar-refractivity contribution in [3.05, 3.63) is 24.0 Å². The number of nitrogens with zero attached hydrogens (tertiary/aromatic N) is 5. The Morgan fingerprint density at radius 3 is 2.53 bits per heavy atom. The van der Waals surface area contributed by atoms with Crippen LogP contribution in [0.1, 0.15) is 11.6 Å². The molecule has 2 heterocycles. The molecular formula is C9H13N7O. The monoisotopic (exact) mass is 235 g/mol. The summed E-state index contributed by atoms with van der Waals surface area (Å²) in [5, 5.41) is 9.03. The number of nitrogens with two attached hydrogens (primary N) is 2. The van der Waals surface area contributed by atoms with Crippen LogP contribution >= 0.6 is 0 Å². The zero-order valence-electron chi connectivity index (χ0n) is 9.11. The highest BCUT2D eigenvalue weighted by molar-refractivity contribution is 5.25. The molecular weight excluding hydrogens is 222 g/mol. The first-order valence-corrected chi connectivity index (χ1v) is 5.06. The van der Waals surface area contributed by atoms with Gasteiger partial charge in [0, 0.05) is 25.4 Å². The molecule has 0 spiro atoms. The molecule has 0 aliphatic carbocycles. The summed E-state index contributed by atoms with van der Waals surface area (Å²) in [4.78, 5) is 15.6. The van der Waals surface area contributed by atoms with Crippen molar-refractivity contribution < 1.29 is 5.11 Å². The molecule has 0 saturated carbocycles. The molecule has 0 fully saturated rings. The zero-order chi connectivity index (χ0) is 12.3. The lowest BCUT2D eigenvalue weighted by Gasteiger charge is -2.05. The van der Waals surface area contributed by atoms with E-state index in [0.29, 0.717) is 24.6 Å². The first-order chi connectivity index (χ1) is 8.19. The fraction of sp³-hybridized carbons (Fsp3) is 0.333. The van der Waals surface area contributed by atoms with E-state index in [9.17, 15) is 0 Å². The maximum Gasteiger partial charge on any atom is 0.225 e. The Balaban J connectivity index is 2.07. The van der Waals surface area contributed by atoms with Crippen LogP contribution in [-0.2, 0) is 19.6 Å². The lowest BCUT2D eigenvalue weighted by molar-refractivity contribution is 0.265. The number of hydrogen-bond donors (Lipinski definition) is 3. The number of aliphatic hydroxyl groups excluding tert-OH is 1. The van der Waals surface area contributed by atoms with Gasteiger partial charge in [-0.3, -0.25) is 0 Å². The van der Waals surface area contributed by atoms with Crippen molar-refractivity contribution in [3.63, 3.8) is 0 Å². The minimum atomic E-state index is -0.103. The van der Waals surface area contributed by atoms with E-state index in [1.807, 2.05) is 4.57 Å². The fourth-order valence-corrected chi connectivity index (χ4v) is 1.48. The molecule has 90 valence electrons. The van der Waals surface area contributed by atoms with Crippen molar-refractivity contribution in [1.82, 2.24) is 24.5 Å². The summed E-state index contributed by atoms with van der Waals surface area (Å²) in [6, 6.07) is 0. The van der Waals surface area contributed by atoms with Crippen LogP contribution in [0.25, 0.3) is 0 Å². The summed E-state index contributed by atoms with van der Waals surface area (Å²) in [5.41, 5.74) is 10.9. The average Bonchev–Trinajstić information content (AvgIpc) is 2.72. The van der Waals surface area contributed by atoms with Gasteiger partial charge in [-0.15, -0.1) is 0 Å². The van der Waals surface area contributed by atoms with Gasteiger partial charge in [-0.1, -0.05) is 0 Å². The van der Waals surface area contributed by atoms with Crippen LogP contribution in [0.3, 0.4) is 0 Å². The predicted molar refractivity (Wildman–Crippen MR) is 60.5 cm³/mol. The molecule has 8 heteroatoms. The van der Waals surface area contributed by atoms with Gasteiger partial charge in [-0.05, 0) is 0 Å². The topological polar surface area (TPSA) is 129 Å². The first kappa shape index (κ1) is 11.3. The molecule has 5 N–H and O–H groups in total. The van der Waals surface area contributed by atoms with Crippen molar-refractivity contribution in [1.29, 1.82) is 0 Å². The number of imidazole rings is 1. The maximum atomic E-state index is 9.03. The summed E-state index contributed by atoms with van der Waals surface area (Å²) in [7, 11) is 0. The number of hydrogen-bond acceptors (Lipinski definition) is 7. The number of aromatic nitrogens is 5. The summed E-state index contributed by atoms with van der Waals surface area (Å²) in [6.45, 7) is 0.493. The number of nitrogen functional groups attached to an aromatic ring is 2. The van der Waals surface area contributed by atoms with Crippen LogP contribution in [0.2, 0.25) is 0 Å². The third-order valence-corrected chi connectivity index (χ3v) is 2.24. The molecule has 0 amide bonds. The van der Waals surface area contributed by atoms with Crippen molar-refractivity contribution in [2.24, 2.45) is 0 Å². The van der Waals surface area contributed by atoms with Crippen molar-refractivity contribution in [2.45, 2.75) is 19.6 Å². The molecule has 0 radical (unpaired) electrons. The molecule has 0 aliphatic heterocycles. The highest BCUT2D eigenvalue weighted by atomic mass is 16.3. The van der Waals surface area contributed by atoms with E-state index in [2.05, 4.69) is 19.9 Å². The summed E-state index contributed by atoms with van der Waals surface area (Å²) in [5.74, 6) is 1.34. The Kier molecular flexibility index (Phi) is 3.15. The molecule has 0 aromatic carbocycles. The number of aliphatic hydroxyl groups is 1. The van der Waals surface area contributed by atoms with Gasteiger partial charge in [0.25, 0.3) is 0 Å². The van der Waals surface area contributed by atoms with Crippen LogP contribution in [0.5, 0.6) is 0 Å². The van der Waals surface area contributed by atoms with Gasteiger partial charge in [0.1, 0.15) is 18.3 Å². The Bertz CT molecular complexity index is 490. The largest absolute Gasteiger partial charge is 0.388 e. The molecule has 0 atom stereocenters. The Labute approximate surface area is 97.4 Å². The zero-order valence-corrected chi connectivity index (χ0v) is 9.11. The molecule has 2 rings (SSSR count). The third-order valence-electron chi connectivity index (χ3n) is 2.24. The predicted octanol–water partition coefficient (Wildman–Crippen LogP) is -1.03. The average molecular weight is 235 g/mol. The molecule has 0 saturated heterocycles. The van der Waals surface area contributed by atoms with E-state index >= 15 is 0 Å². The number of rotatable bonds is 4. The third kappa shape index (κ3) is 2.67. The Morgan fingerprint density at radius 2 is 1.88 bits per heavy atom. The van der Waals surface area contributed by atoms with Gasteiger partial charge in [0.15, 0.2) is 0 Å². The van der Waals surface area contributed by atoms with Gasteiger partial charge in [0.2, 0.25) is 11.9 Å². The fourth-order valence-electron chi connectivity index (χ4n) is 1.48. The summed E-state index contributed by atoms with van der Waals surface area (Å²) in [6.07, 6.45) is 3.95. The lowest BCUT2D eigenvalue weighted by atomic mass is 10.4. The second kappa shape index (κ2) is 4.74. The van der Waals surface area contributed by atoms with Crippen LogP contribution in [0, 0.1) is 0 Å². The van der Waals surface area contributed by atoms with Crippen molar-refractivity contribution in [3.8, 4) is 0 Å². The summed E-state index contributed by atoms with van der Waals surface area (Å²) >= 11 is 0. The molecule has 0 unspecified atom stereocenters. The van der Waals surface area contributed by atoms with E-state index in [4.69, 9.17) is 16.6 Å². The van der Waals surface area contributed by atoms with Crippen molar-refractivity contribution >= 4 is 11.9 Å². The molecule has 8 nitrogen and oxygen atoms in total. The lowest BCUT2D eigenvalue weighted by Crippen LogP contribution is -2.11. The maximum absolute atomic E-state index is 9.03. The highest BCUT2D eigenvalue weighted by Gasteiger charge is 2.05. The molecule has 0 bridgehead atoms. The van der Waals surface area contributed by atoms with E-state index in [-0.39, 0.29) is 18.5 Å². The van der Waals surface area contributed by atoms with Gasteiger partial charge in [-0.25, -0.2) is 4.98 Å². The minimum Gasteiger partial charge on any atom is -0.388 e. The molecule has 2 aromatic heterocycles. The van der Waals surface area contributed by atoms with E-state index < -0.39 is 0 Å². The second-order valence-electron chi connectivity index (χ2n) is 3.41. The molecule has 0 aliphatic rings. The number of aryl methyl sites for hydroxylation is 2. The molecule has 17 heavy (non-hydrogen) atoms. The van der Waals surface area contributed by atoms with Gasteiger partial charge in [-0.2, -0.15) is 15.0 Å². The van der Waals surface area contributed by atoms with Crippen LogP contribution in [0.4, 0.5) is 11.9 Å². The number of anilines is 2. The van der Waals surface area contributed by atoms with Gasteiger partial charge in [0.05, 0.1) is 0 Å². The summed E-state index contributed by atoms with van der Waals surface area (Å²) < 4.78 is 1.82. The smallest absolute Gasteiger partial charge is 0.225 e. The van der Waals surface area contributed by atoms with Gasteiger partial charge >= 0.3 is 0 Å². The minimum absolute atomic E-state index is 0.103. The molecule has 2 aromatic rings. The SMILES string of the molecule is Nc1nc(N)nc(CCn2ccnc2CO)n1. The Hall–Kier alpha value is -2.22. The van der Waals surface area contributed by atoms with Crippen LogP contribution < -0.4 is 11.5 Å². The quantitative estimate of drug-likeness (QED) is 0.617. The van der Waals surface area contributed by atoms with Crippen LogP contribution in [0.15, 0.2) is 12.4 Å². The second-order valence-corrected chi connectivity index (χ2v) is 3.41. The Morgan fingerprint density at radius 1 is 1.18 bits per heavy atom. The normalized spacial score (nSPS) is 10.6. The van der Waals surface area contributed by atoms with Gasteiger partial charge < -0.3 is 21.1 Å². The van der Waals surface area contributed by atoms with E-state index in [1.54, 1.807) is 12.4 Å². The van der Waals surface area contributed by atoms with E-state index in [1.165, 1.54) is 0 Å². The first-order valence-electron chi connectivity index (χ1n) is 5.06. The van der Waals surface area contributed by atoms with Crippen molar-refractivity contribution in [2.75, 3.05) is 11.5 Å². The highest BCUT2D eigenvalue weighted by Crippen LogP contribution is 2.03. The standard InChI is InChI=1S/C9H13N7O/c10-8-13-6(14-9(11)15-8)1-3-16-4-2-12-7(16)5-17/h2,4,17H,1,3,5H2,(H4,10,11,13,14,15). The van der Waals surface area contributed by atoms with E-state index in [0.717, 1.165) is 0 Å². The van der Waals surface area contributed by atoms with Crippen LogP contribution in [-0.4, -0.2) is 29.6 Å².